The Morgan fingerprint density at radius 2 is 1.33 bits per heavy atom. The van der Waals surface area contributed by atoms with Crippen LogP contribution in [0.1, 0.15) is 129 Å². The molecule has 0 aromatic carbocycles. The Kier molecular flexibility index (Phi) is 23.7. The monoisotopic (exact) mass is 531 g/mol. The van der Waals surface area contributed by atoms with E-state index in [0.29, 0.717) is 26.2 Å². The molecule has 1 N–H and O–H groups in total. The molecule has 1 aliphatic heterocycles. The minimum Gasteiger partial charge on any atom is -0.381 e. The van der Waals surface area contributed by atoms with Gasteiger partial charge in [0.25, 0.3) is 0 Å². The highest BCUT2D eigenvalue weighted by Gasteiger charge is 2.17. The van der Waals surface area contributed by atoms with E-state index in [2.05, 4.69) is 11.8 Å². The van der Waals surface area contributed by atoms with Crippen LogP contribution in [0.3, 0.4) is 0 Å². The highest BCUT2D eigenvalue weighted by Crippen LogP contribution is 2.34. The minimum absolute atomic E-state index is 0.0282. The first-order valence-electron chi connectivity index (χ1n) is 15.2. The first-order valence-corrected chi connectivity index (χ1v) is 16.3. The van der Waals surface area contributed by atoms with Gasteiger partial charge in [0, 0.05) is 25.5 Å². The van der Waals surface area contributed by atoms with Crippen LogP contribution in [-0.2, 0) is 18.6 Å². The van der Waals surface area contributed by atoms with E-state index >= 15 is 0 Å². The fourth-order valence-corrected chi connectivity index (χ4v) is 5.56. The molecule has 6 nitrogen and oxygen atoms in total. The van der Waals surface area contributed by atoms with E-state index in [1.54, 1.807) is 6.92 Å². The summed E-state index contributed by atoms with van der Waals surface area (Å²) in [4.78, 5) is 24.1. The van der Waals surface area contributed by atoms with Crippen LogP contribution in [0.25, 0.3) is 0 Å². The van der Waals surface area contributed by atoms with Gasteiger partial charge in [-0.05, 0) is 45.7 Å². The number of ketones is 1. The highest BCUT2D eigenvalue weighted by molar-refractivity contribution is 7.40. The van der Waals surface area contributed by atoms with Gasteiger partial charge in [-0.3, -0.25) is 0 Å². The van der Waals surface area contributed by atoms with Crippen LogP contribution >= 0.6 is 8.60 Å². The maximum Gasteiger partial charge on any atom is 0.329 e. The van der Waals surface area contributed by atoms with E-state index in [9.17, 15) is 9.69 Å². The van der Waals surface area contributed by atoms with Crippen molar-refractivity contribution < 1.29 is 23.5 Å². The summed E-state index contributed by atoms with van der Waals surface area (Å²) in [5, 5.41) is 0. The molecule has 1 rings (SSSR count). The average molecular weight is 532 g/mol. The zero-order chi connectivity index (χ0) is 26.1. The summed E-state index contributed by atoms with van der Waals surface area (Å²) in [5.41, 5.74) is 0. The molecule has 214 valence electrons. The maximum absolute atomic E-state index is 11.6. The van der Waals surface area contributed by atoms with Crippen molar-refractivity contribution in [3.05, 3.63) is 0 Å². The molecule has 0 saturated carbocycles. The second-order valence-electron chi connectivity index (χ2n) is 10.7. The van der Waals surface area contributed by atoms with E-state index in [-0.39, 0.29) is 11.7 Å². The van der Waals surface area contributed by atoms with Gasteiger partial charge in [-0.15, -0.1) is 0 Å². The molecule has 0 radical (unpaired) electrons. The maximum atomic E-state index is 11.6. The molecule has 1 heterocycles. The Bertz CT molecular complexity index is 490. The highest BCUT2D eigenvalue weighted by atomic mass is 31.2. The number of likely N-dealkylation sites (tertiary alicyclic amines) is 1. The molecular weight excluding hydrogens is 473 g/mol. The Hall–Kier alpha value is -0.100. The quantitative estimate of drug-likeness (QED) is 0.0861. The van der Waals surface area contributed by atoms with Crippen molar-refractivity contribution in [2.24, 2.45) is 5.92 Å². The number of unbranched alkanes of at least 4 members (excludes halogenated alkanes) is 13. The summed E-state index contributed by atoms with van der Waals surface area (Å²) in [7, 11) is -1.89. The molecule has 0 bridgehead atoms. The van der Waals surface area contributed by atoms with Gasteiger partial charge in [0.15, 0.2) is 0 Å². The van der Waals surface area contributed by atoms with Crippen LogP contribution in [0.2, 0.25) is 0 Å². The Labute approximate surface area is 224 Å². The lowest BCUT2D eigenvalue weighted by atomic mass is 10.0. The Morgan fingerprint density at radius 1 is 0.778 bits per heavy atom. The molecule has 0 aliphatic carbocycles. The van der Waals surface area contributed by atoms with E-state index < -0.39 is 8.60 Å². The van der Waals surface area contributed by atoms with Gasteiger partial charge in [0.2, 0.25) is 0 Å². The van der Waals surface area contributed by atoms with Gasteiger partial charge in [-0.25, -0.2) is 0 Å². The largest absolute Gasteiger partial charge is 0.381 e. The fourth-order valence-electron chi connectivity index (χ4n) is 4.86. The van der Waals surface area contributed by atoms with Crippen LogP contribution < -0.4 is 0 Å². The van der Waals surface area contributed by atoms with Crippen molar-refractivity contribution in [3.63, 3.8) is 0 Å². The molecule has 1 aliphatic rings. The summed E-state index contributed by atoms with van der Waals surface area (Å²) in [6, 6.07) is 0. The number of hydrogen-bond donors (Lipinski definition) is 1. The molecule has 2 unspecified atom stereocenters. The first kappa shape index (κ1) is 33.9. The SMILES string of the molecule is CCCCCCCCCCCCCCCCOCC(COP(O)OCCCN1CCCC1)CC(C)=O. The molecule has 0 amide bonds. The molecule has 1 fully saturated rings. The zero-order valence-corrected chi connectivity index (χ0v) is 24.6. The molecule has 0 aromatic rings. The van der Waals surface area contributed by atoms with Crippen LogP contribution in [0.15, 0.2) is 0 Å². The fraction of sp³-hybridized carbons (Fsp3) is 0.966. The zero-order valence-electron chi connectivity index (χ0n) is 23.7. The second-order valence-corrected chi connectivity index (χ2v) is 11.7. The van der Waals surface area contributed by atoms with Crippen LogP contribution in [-0.4, -0.2) is 61.6 Å². The predicted octanol–water partition coefficient (Wildman–Crippen LogP) is 7.82. The minimum atomic E-state index is -1.89. The van der Waals surface area contributed by atoms with E-state index in [1.807, 2.05) is 0 Å². The van der Waals surface area contributed by atoms with Gasteiger partial charge in [-0.1, -0.05) is 90.4 Å². The van der Waals surface area contributed by atoms with Gasteiger partial charge >= 0.3 is 8.60 Å². The molecule has 2 atom stereocenters. The predicted molar refractivity (Wildman–Crippen MR) is 151 cm³/mol. The van der Waals surface area contributed by atoms with Crippen LogP contribution in [0.5, 0.6) is 0 Å². The van der Waals surface area contributed by atoms with Crippen molar-refractivity contribution >= 4 is 14.4 Å². The Morgan fingerprint density at radius 3 is 1.89 bits per heavy atom. The van der Waals surface area contributed by atoms with Gasteiger partial charge in [0.05, 0.1) is 19.8 Å². The van der Waals surface area contributed by atoms with Crippen LogP contribution in [0, 0.1) is 5.92 Å². The third kappa shape index (κ3) is 21.9. The van der Waals surface area contributed by atoms with Gasteiger partial charge in [0.1, 0.15) is 5.78 Å². The van der Waals surface area contributed by atoms with Crippen molar-refractivity contribution in [1.82, 2.24) is 4.90 Å². The van der Waals surface area contributed by atoms with E-state index in [4.69, 9.17) is 13.8 Å². The normalized spacial score (nSPS) is 16.0. The molecular formula is C29H58NO5P. The van der Waals surface area contributed by atoms with E-state index in [1.165, 1.54) is 109 Å². The number of hydrogen-bond acceptors (Lipinski definition) is 6. The molecule has 0 spiro atoms. The number of ether oxygens (including phenoxy) is 1. The number of nitrogens with zero attached hydrogens (tertiary/aromatic N) is 1. The standard InChI is InChI=1S/C29H58NO5P/c1-3-4-5-6-7-8-9-10-11-12-13-14-15-18-23-33-26-29(25-28(2)31)27-35-36(32)34-24-19-22-30-20-16-17-21-30/h29,32H,3-27H2,1-2H3. The number of Topliss-reactive ketones (excluding diaryl/α,β-unsaturated/α-hetero) is 1. The smallest absolute Gasteiger partial charge is 0.329 e. The molecule has 0 aromatic heterocycles. The van der Waals surface area contributed by atoms with Crippen molar-refractivity contribution in [1.29, 1.82) is 0 Å². The number of carbonyl (C=O) groups is 1. The Balaban J connectivity index is 1.92. The summed E-state index contributed by atoms with van der Waals surface area (Å²) >= 11 is 0. The van der Waals surface area contributed by atoms with Crippen molar-refractivity contribution in [2.45, 2.75) is 129 Å². The lowest BCUT2D eigenvalue weighted by Crippen LogP contribution is -2.21. The first-order chi connectivity index (χ1) is 17.6. The molecule has 1 saturated heterocycles. The molecule has 36 heavy (non-hydrogen) atoms. The second kappa shape index (κ2) is 25.2. The lowest BCUT2D eigenvalue weighted by molar-refractivity contribution is -0.118. The van der Waals surface area contributed by atoms with Gasteiger partial charge in [-0.2, -0.15) is 0 Å². The number of carbonyl (C=O) groups excluding carboxylic acids is 1. The van der Waals surface area contributed by atoms with E-state index in [0.717, 1.165) is 26.0 Å². The topological polar surface area (TPSA) is 68.2 Å². The lowest BCUT2D eigenvalue weighted by Gasteiger charge is -2.18. The summed E-state index contributed by atoms with van der Waals surface area (Å²) in [6.07, 6.45) is 22.8. The van der Waals surface area contributed by atoms with Crippen molar-refractivity contribution in [2.75, 3.05) is 46.1 Å². The average Bonchev–Trinajstić information content (AvgIpc) is 3.38. The summed E-state index contributed by atoms with van der Waals surface area (Å²) < 4.78 is 16.8. The van der Waals surface area contributed by atoms with Crippen LogP contribution in [0.4, 0.5) is 0 Å². The summed E-state index contributed by atoms with van der Waals surface area (Å²) in [6.45, 7) is 9.27. The third-order valence-corrected chi connectivity index (χ3v) is 7.79. The molecule has 7 heteroatoms. The van der Waals surface area contributed by atoms with Gasteiger partial charge < -0.3 is 28.4 Å². The third-order valence-electron chi connectivity index (χ3n) is 7.01. The summed E-state index contributed by atoms with van der Waals surface area (Å²) in [5.74, 6) is 0.0944. The number of rotatable bonds is 27. The van der Waals surface area contributed by atoms with Crippen molar-refractivity contribution in [3.8, 4) is 0 Å².